The molecule has 1 aromatic heterocycles. The first-order chi connectivity index (χ1) is 8.29. The zero-order chi connectivity index (χ0) is 12.1. The van der Waals surface area contributed by atoms with E-state index in [9.17, 15) is 0 Å². The molecule has 1 aromatic carbocycles. The minimum Gasteiger partial charge on any atom is -0.313 e. The van der Waals surface area contributed by atoms with Crippen molar-refractivity contribution in [3.8, 4) is 0 Å². The minimum atomic E-state index is 0.893. The molecule has 90 valence electrons. The number of thiazole rings is 1. The van der Waals surface area contributed by atoms with Crippen molar-refractivity contribution in [2.75, 3.05) is 6.54 Å². The number of hydrogen-bond donors (Lipinski definition) is 1. The molecule has 1 heterocycles. The van der Waals surface area contributed by atoms with E-state index in [1.165, 1.54) is 10.5 Å². The highest BCUT2D eigenvalue weighted by molar-refractivity contribution is 9.10. The van der Waals surface area contributed by atoms with Crippen molar-refractivity contribution in [1.82, 2.24) is 10.3 Å². The van der Waals surface area contributed by atoms with Crippen LogP contribution in [0.1, 0.15) is 12.5 Å². The average molecular weight is 329 g/mol. The molecule has 0 aliphatic carbocycles. The van der Waals surface area contributed by atoms with Crippen LogP contribution in [-0.2, 0) is 6.54 Å². The van der Waals surface area contributed by atoms with E-state index in [4.69, 9.17) is 0 Å². The highest BCUT2D eigenvalue weighted by Gasteiger charge is 2.06. The monoisotopic (exact) mass is 328 g/mol. The molecule has 0 aliphatic heterocycles. The summed E-state index contributed by atoms with van der Waals surface area (Å²) in [5.41, 5.74) is 1.31. The van der Waals surface area contributed by atoms with E-state index in [1.54, 1.807) is 23.1 Å². The third-order valence-electron chi connectivity index (χ3n) is 2.19. The maximum Gasteiger partial charge on any atom is 0.154 e. The van der Waals surface area contributed by atoms with Gasteiger partial charge in [-0.1, -0.05) is 34.6 Å². The van der Waals surface area contributed by atoms with Crippen molar-refractivity contribution in [2.45, 2.75) is 22.7 Å². The highest BCUT2D eigenvalue weighted by atomic mass is 79.9. The van der Waals surface area contributed by atoms with Gasteiger partial charge in [-0.25, -0.2) is 4.98 Å². The Bertz CT molecular complexity index is 471. The predicted octanol–water partition coefficient (Wildman–Crippen LogP) is 4.17. The van der Waals surface area contributed by atoms with Crippen molar-refractivity contribution in [1.29, 1.82) is 0 Å². The van der Waals surface area contributed by atoms with Gasteiger partial charge >= 0.3 is 0 Å². The molecule has 2 nitrogen and oxygen atoms in total. The topological polar surface area (TPSA) is 24.9 Å². The van der Waals surface area contributed by atoms with Crippen LogP contribution in [-0.4, -0.2) is 11.5 Å². The minimum absolute atomic E-state index is 0.893. The molecule has 0 atom stereocenters. The van der Waals surface area contributed by atoms with Gasteiger partial charge in [-0.15, -0.1) is 11.3 Å². The van der Waals surface area contributed by atoms with Crippen LogP contribution in [0.4, 0.5) is 0 Å². The number of nitrogens with zero attached hydrogens (tertiary/aromatic N) is 1. The molecule has 2 aromatic rings. The van der Waals surface area contributed by atoms with E-state index in [1.807, 2.05) is 11.6 Å². The van der Waals surface area contributed by atoms with Crippen molar-refractivity contribution < 1.29 is 0 Å². The summed E-state index contributed by atoms with van der Waals surface area (Å²) in [4.78, 5) is 5.57. The van der Waals surface area contributed by atoms with Crippen LogP contribution in [0.25, 0.3) is 0 Å². The Balaban J connectivity index is 2.19. The maximum absolute atomic E-state index is 4.30. The van der Waals surface area contributed by atoms with Crippen molar-refractivity contribution in [2.24, 2.45) is 0 Å². The fourth-order valence-electron chi connectivity index (χ4n) is 1.40. The standard InChI is InChI=1S/C12H13BrN2S2/c1-2-14-8-9-7-10(13)3-4-11(9)17-12-15-5-6-16-12/h3-7,14H,2,8H2,1H3. The van der Waals surface area contributed by atoms with Crippen LogP contribution in [0.15, 0.2) is 43.5 Å². The van der Waals surface area contributed by atoms with Crippen LogP contribution in [0.2, 0.25) is 0 Å². The summed E-state index contributed by atoms with van der Waals surface area (Å²) in [6.07, 6.45) is 1.84. The van der Waals surface area contributed by atoms with Gasteiger partial charge in [0.15, 0.2) is 4.34 Å². The smallest absolute Gasteiger partial charge is 0.154 e. The van der Waals surface area contributed by atoms with Crippen LogP contribution in [0, 0.1) is 0 Å². The first kappa shape index (κ1) is 13.1. The van der Waals surface area contributed by atoms with E-state index in [-0.39, 0.29) is 0 Å². The Kier molecular flexibility index (Phi) is 5.03. The Morgan fingerprint density at radius 3 is 3.06 bits per heavy atom. The van der Waals surface area contributed by atoms with Gasteiger partial charge in [-0.3, -0.25) is 0 Å². The number of rotatable bonds is 5. The lowest BCUT2D eigenvalue weighted by molar-refractivity contribution is 0.717. The van der Waals surface area contributed by atoms with Gasteiger partial charge in [0.1, 0.15) is 0 Å². The molecule has 2 rings (SSSR count). The highest BCUT2D eigenvalue weighted by Crippen LogP contribution is 2.33. The van der Waals surface area contributed by atoms with Gasteiger partial charge in [0, 0.05) is 27.5 Å². The Morgan fingerprint density at radius 1 is 1.47 bits per heavy atom. The third kappa shape index (κ3) is 3.81. The molecular formula is C12H13BrN2S2. The number of halogens is 1. The predicted molar refractivity (Wildman–Crippen MR) is 77.8 cm³/mol. The molecule has 0 unspecified atom stereocenters. The van der Waals surface area contributed by atoms with E-state index >= 15 is 0 Å². The maximum atomic E-state index is 4.30. The first-order valence-electron chi connectivity index (χ1n) is 5.36. The molecule has 0 saturated heterocycles. The second-order valence-electron chi connectivity index (χ2n) is 3.43. The molecule has 0 saturated carbocycles. The van der Waals surface area contributed by atoms with Crippen molar-refractivity contribution in [3.05, 3.63) is 39.8 Å². The number of nitrogens with one attached hydrogen (secondary N) is 1. The van der Waals surface area contributed by atoms with Gasteiger partial charge in [-0.05, 0) is 30.3 Å². The fraction of sp³-hybridized carbons (Fsp3) is 0.250. The van der Waals surface area contributed by atoms with E-state index in [2.05, 4.69) is 51.4 Å². The summed E-state index contributed by atoms with van der Waals surface area (Å²) in [6.45, 7) is 3.99. The molecule has 0 spiro atoms. The van der Waals surface area contributed by atoms with Crippen LogP contribution >= 0.6 is 39.0 Å². The lowest BCUT2D eigenvalue weighted by atomic mass is 10.2. The number of hydrogen-bond acceptors (Lipinski definition) is 4. The molecule has 17 heavy (non-hydrogen) atoms. The normalized spacial score (nSPS) is 10.7. The van der Waals surface area contributed by atoms with E-state index in [0.717, 1.165) is 21.9 Å². The summed E-state index contributed by atoms with van der Waals surface area (Å²) in [7, 11) is 0. The van der Waals surface area contributed by atoms with Crippen molar-refractivity contribution >= 4 is 39.0 Å². The average Bonchev–Trinajstić information content (AvgIpc) is 2.82. The van der Waals surface area contributed by atoms with E-state index in [0.29, 0.717) is 0 Å². The molecule has 0 fully saturated rings. The Morgan fingerprint density at radius 2 is 2.35 bits per heavy atom. The number of aromatic nitrogens is 1. The van der Waals surface area contributed by atoms with Gasteiger partial charge in [-0.2, -0.15) is 0 Å². The molecule has 5 heteroatoms. The van der Waals surface area contributed by atoms with Crippen LogP contribution in [0.5, 0.6) is 0 Å². The molecule has 0 radical (unpaired) electrons. The number of benzene rings is 1. The summed E-state index contributed by atoms with van der Waals surface area (Å²) in [6, 6.07) is 6.38. The second kappa shape index (κ2) is 6.54. The van der Waals surface area contributed by atoms with Crippen molar-refractivity contribution in [3.63, 3.8) is 0 Å². The zero-order valence-corrected chi connectivity index (χ0v) is 12.7. The zero-order valence-electron chi connectivity index (χ0n) is 9.44. The molecule has 1 N–H and O–H groups in total. The molecule has 0 aliphatic rings. The van der Waals surface area contributed by atoms with Crippen LogP contribution < -0.4 is 5.32 Å². The molecule has 0 bridgehead atoms. The van der Waals surface area contributed by atoms with E-state index < -0.39 is 0 Å². The Labute approximate surface area is 118 Å². The summed E-state index contributed by atoms with van der Waals surface area (Å²) in [5, 5.41) is 5.37. The van der Waals surface area contributed by atoms with Gasteiger partial charge in [0.2, 0.25) is 0 Å². The van der Waals surface area contributed by atoms with Gasteiger partial charge < -0.3 is 5.32 Å². The lowest BCUT2D eigenvalue weighted by Gasteiger charge is -2.08. The first-order valence-corrected chi connectivity index (χ1v) is 7.85. The van der Waals surface area contributed by atoms with Gasteiger partial charge in [0.25, 0.3) is 0 Å². The van der Waals surface area contributed by atoms with Crippen LogP contribution in [0.3, 0.4) is 0 Å². The largest absolute Gasteiger partial charge is 0.313 e. The third-order valence-corrected chi connectivity index (χ3v) is 4.69. The molecular weight excluding hydrogens is 316 g/mol. The Hall–Kier alpha value is -0.360. The second-order valence-corrected chi connectivity index (χ2v) is 6.53. The summed E-state index contributed by atoms with van der Waals surface area (Å²) >= 11 is 6.92. The van der Waals surface area contributed by atoms with Gasteiger partial charge in [0.05, 0.1) is 0 Å². The molecule has 0 amide bonds. The summed E-state index contributed by atoms with van der Waals surface area (Å²) in [5.74, 6) is 0. The summed E-state index contributed by atoms with van der Waals surface area (Å²) < 4.78 is 2.21. The quantitative estimate of drug-likeness (QED) is 0.891. The lowest BCUT2D eigenvalue weighted by Crippen LogP contribution is -2.12. The SMILES string of the molecule is CCNCc1cc(Br)ccc1Sc1nccs1. The fourth-order valence-corrected chi connectivity index (χ4v) is 3.50.